The summed E-state index contributed by atoms with van der Waals surface area (Å²) >= 11 is 0. The summed E-state index contributed by atoms with van der Waals surface area (Å²) in [7, 11) is 0. The van der Waals surface area contributed by atoms with Gasteiger partial charge in [0.05, 0.1) is 6.10 Å². The number of pyridine rings is 1. The Labute approximate surface area is 100 Å². The normalized spacial score (nSPS) is 21.5. The number of carbonyl (C=O) groups excluding carboxylic acids is 1. The van der Waals surface area contributed by atoms with E-state index in [1.54, 1.807) is 13.1 Å². The molecule has 2 heterocycles. The standard InChI is InChI=1S/C12H17N3O2/c1-8(16)9-4-5-11(14-7-9)15-6-2-3-10(15)12(13)17/h4-5,7-8,10,16H,2-3,6H2,1H3,(H2,13,17). The largest absolute Gasteiger partial charge is 0.389 e. The van der Waals surface area contributed by atoms with Gasteiger partial charge in [-0.15, -0.1) is 0 Å². The van der Waals surface area contributed by atoms with Crippen molar-refractivity contribution in [2.45, 2.75) is 31.9 Å². The highest BCUT2D eigenvalue weighted by Gasteiger charge is 2.29. The van der Waals surface area contributed by atoms with Crippen molar-refractivity contribution in [1.82, 2.24) is 4.98 Å². The molecule has 2 unspecified atom stereocenters. The van der Waals surface area contributed by atoms with Crippen molar-refractivity contribution < 1.29 is 9.90 Å². The highest BCUT2D eigenvalue weighted by molar-refractivity contribution is 5.83. The summed E-state index contributed by atoms with van der Waals surface area (Å²) in [5.41, 5.74) is 6.12. The van der Waals surface area contributed by atoms with Crippen LogP contribution in [-0.4, -0.2) is 28.6 Å². The number of aliphatic hydroxyl groups excluding tert-OH is 1. The van der Waals surface area contributed by atoms with E-state index in [-0.39, 0.29) is 11.9 Å². The Morgan fingerprint density at radius 1 is 1.65 bits per heavy atom. The molecule has 5 nitrogen and oxygen atoms in total. The Hall–Kier alpha value is -1.62. The maximum atomic E-state index is 11.3. The Morgan fingerprint density at radius 2 is 2.41 bits per heavy atom. The Bertz CT molecular complexity index is 403. The first-order valence-electron chi connectivity index (χ1n) is 5.79. The van der Waals surface area contributed by atoms with Gasteiger partial charge >= 0.3 is 0 Å². The first kappa shape index (κ1) is 11.9. The number of rotatable bonds is 3. The van der Waals surface area contributed by atoms with Gasteiger partial charge in [0, 0.05) is 12.7 Å². The van der Waals surface area contributed by atoms with Crippen LogP contribution in [0.1, 0.15) is 31.4 Å². The molecule has 2 rings (SSSR count). The van der Waals surface area contributed by atoms with Crippen molar-refractivity contribution in [3.63, 3.8) is 0 Å². The average Bonchev–Trinajstić information content (AvgIpc) is 2.78. The molecule has 0 radical (unpaired) electrons. The Morgan fingerprint density at radius 3 is 2.94 bits per heavy atom. The Balaban J connectivity index is 2.19. The van der Waals surface area contributed by atoms with Crippen LogP contribution in [0.4, 0.5) is 5.82 Å². The van der Waals surface area contributed by atoms with Crippen molar-refractivity contribution in [3.8, 4) is 0 Å². The number of carbonyl (C=O) groups is 1. The van der Waals surface area contributed by atoms with Crippen LogP contribution in [0.15, 0.2) is 18.3 Å². The number of hydrogen-bond donors (Lipinski definition) is 2. The molecule has 1 aromatic heterocycles. The van der Waals surface area contributed by atoms with Gasteiger partial charge in [-0.1, -0.05) is 6.07 Å². The fraction of sp³-hybridized carbons (Fsp3) is 0.500. The molecule has 1 saturated heterocycles. The van der Waals surface area contributed by atoms with Crippen LogP contribution >= 0.6 is 0 Å². The SMILES string of the molecule is CC(O)c1ccc(N2CCCC2C(N)=O)nc1. The minimum atomic E-state index is -0.526. The molecule has 0 bridgehead atoms. The van der Waals surface area contributed by atoms with E-state index < -0.39 is 6.10 Å². The molecule has 0 spiro atoms. The first-order valence-corrected chi connectivity index (χ1v) is 5.79. The molecule has 2 atom stereocenters. The van der Waals surface area contributed by atoms with Gasteiger partial charge in [-0.25, -0.2) is 4.98 Å². The van der Waals surface area contributed by atoms with Crippen molar-refractivity contribution in [2.24, 2.45) is 5.73 Å². The van der Waals surface area contributed by atoms with Gasteiger partial charge in [-0.2, -0.15) is 0 Å². The lowest BCUT2D eigenvalue weighted by Gasteiger charge is -2.23. The summed E-state index contributed by atoms with van der Waals surface area (Å²) in [6.07, 6.45) is 2.85. The predicted octanol–water partition coefficient (Wildman–Crippen LogP) is 0.589. The number of hydrogen-bond acceptors (Lipinski definition) is 4. The van der Waals surface area contributed by atoms with E-state index in [2.05, 4.69) is 4.98 Å². The van der Waals surface area contributed by atoms with Crippen LogP contribution in [0, 0.1) is 0 Å². The topological polar surface area (TPSA) is 79.5 Å². The van der Waals surface area contributed by atoms with E-state index >= 15 is 0 Å². The maximum absolute atomic E-state index is 11.3. The molecule has 1 aromatic rings. The first-order chi connectivity index (χ1) is 8.09. The number of aliphatic hydroxyl groups is 1. The van der Waals surface area contributed by atoms with E-state index in [0.29, 0.717) is 0 Å². The summed E-state index contributed by atoms with van der Waals surface area (Å²) in [4.78, 5) is 17.5. The second-order valence-electron chi connectivity index (χ2n) is 4.38. The van der Waals surface area contributed by atoms with E-state index in [1.807, 2.05) is 17.0 Å². The number of aromatic nitrogens is 1. The van der Waals surface area contributed by atoms with Crippen LogP contribution in [0.25, 0.3) is 0 Å². The molecule has 0 saturated carbocycles. The van der Waals surface area contributed by atoms with Gasteiger partial charge in [0.15, 0.2) is 0 Å². The molecule has 92 valence electrons. The highest BCUT2D eigenvalue weighted by Crippen LogP contribution is 2.24. The zero-order chi connectivity index (χ0) is 12.4. The van der Waals surface area contributed by atoms with Crippen LogP contribution in [0.3, 0.4) is 0 Å². The highest BCUT2D eigenvalue weighted by atomic mass is 16.3. The molecule has 0 aliphatic carbocycles. The van der Waals surface area contributed by atoms with Crippen LogP contribution in [-0.2, 0) is 4.79 Å². The van der Waals surface area contributed by atoms with E-state index in [4.69, 9.17) is 5.73 Å². The summed E-state index contributed by atoms with van der Waals surface area (Å²) in [6.45, 7) is 2.49. The van der Waals surface area contributed by atoms with Gasteiger partial charge in [-0.05, 0) is 31.4 Å². The number of nitrogens with two attached hydrogens (primary N) is 1. The van der Waals surface area contributed by atoms with E-state index in [0.717, 1.165) is 30.8 Å². The minimum Gasteiger partial charge on any atom is -0.389 e. The van der Waals surface area contributed by atoms with Crippen molar-refractivity contribution in [3.05, 3.63) is 23.9 Å². The molecule has 17 heavy (non-hydrogen) atoms. The third-order valence-electron chi connectivity index (χ3n) is 3.13. The molecule has 1 amide bonds. The molecule has 3 N–H and O–H groups in total. The van der Waals surface area contributed by atoms with Gasteiger partial charge in [0.1, 0.15) is 11.9 Å². The molecule has 1 aliphatic heterocycles. The third kappa shape index (κ3) is 2.39. The summed E-state index contributed by atoms with van der Waals surface area (Å²) in [5.74, 6) is 0.444. The Kier molecular flexibility index (Phi) is 3.28. The number of nitrogens with zero attached hydrogens (tertiary/aromatic N) is 2. The molecule has 5 heteroatoms. The molecular formula is C12H17N3O2. The smallest absolute Gasteiger partial charge is 0.240 e. The minimum absolute atomic E-state index is 0.250. The van der Waals surface area contributed by atoms with Crippen molar-refractivity contribution >= 4 is 11.7 Å². The monoisotopic (exact) mass is 235 g/mol. The zero-order valence-corrected chi connectivity index (χ0v) is 9.84. The van der Waals surface area contributed by atoms with Gasteiger partial charge in [-0.3, -0.25) is 4.79 Å². The van der Waals surface area contributed by atoms with E-state index in [9.17, 15) is 9.90 Å². The van der Waals surface area contributed by atoms with Gasteiger partial charge in [0.2, 0.25) is 5.91 Å². The molecular weight excluding hydrogens is 218 g/mol. The molecule has 0 aromatic carbocycles. The third-order valence-corrected chi connectivity index (χ3v) is 3.13. The van der Waals surface area contributed by atoms with Gasteiger partial charge < -0.3 is 15.7 Å². The van der Waals surface area contributed by atoms with Crippen LogP contribution < -0.4 is 10.6 Å². The van der Waals surface area contributed by atoms with Crippen molar-refractivity contribution in [1.29, 1.82) is 0 Å². The van der Waals surface area contributed by atoms with Gasteiger partial charge in [0.25, 0.3) is 0 Å². The van der Waals surface area contributed by atoms with Crippen molar-refractivity contribution in [2.75, 3.05) is 11.4 Å². The van der Waals surface area contributed by atoms with Crippen LogP contribution in [0.2, 0.25) is 0 Å². The lowest BCUT2D eigenvalue weighted by Crippen LogP contribution is -2.40. The average molecular weight is 235 g/mol. The fourth-order valence-corrected chi connectivity index (χ4v) is 2.15. The predicted molar refractivity (Wildman–Crippen MR) is 64.4 cm³/mol. The van der Waals surface area contributed by atoms with Crippen LogP contribution in [0.5, 0.6) is 0 Å². The quantitative estimate of drug-likeness (QED) is 0.803. The number of amides is 1. The lowest BCUT2D eigenvalue weighted by molar-refractivity contribution is -0.119. The summed E-state index contributed by atoms with van der Waals surface area (Å²) < 4.78 is 0. The zero-order valence-electron chi connectivity index (χ0n) is 9.84. The fourth-order valence-electron chi connectivity index (χ4n) is 2.15. The molecule has 1 fully saturated rings. The number of primary amides is 1. The number of anilines is 1. The maximum Gasteiger partial charge on any atom is 0.240 e. The summed E-state index contributed by atoms with van der Waals surface area (Å²) in [5, 5.41) is 9.39. The second kappa shape index (κ2) is 4.71. The second-order valence-corrected chi connectivity index (χ2v) is 4.38. The van der Waals surface area contributed by atoms with E-state index in [1.165, 1.54) is 0 Å². The molecule has 1 aliphatic rings. The lowest BCUT2D eigenvalue weighted by atomic mass is 10.2. The summed E-state index contributed by atoms with van der Waals surface area (Å²) in [6, 6.07) is 3.40.